The molecular formula is C51H32N6O2. The second-order valence-corrected chi connectivity index (χ2v) is 14.5. The summed E-state index contributed by atoms with van der Waals surface area (Å²) < 4.78 is 4.62. The Morgan fingerprint density at radius 2 is 0.881 bits per heavy atom. The molecule has 0 unspecified atom stereocenters. The maximum Gasteiger partial charge on any atom is 0.270 e. The standard InChI is InChI=1S/C51H32N6O2/c58-57(59)38-22-14-19-35(29-38)41-30-36(51-53-49(33-15-4-1-5-16-33)52-50(54-51)34-17-6-2-7-18-34)27-28-46(41)56-45-26-13-11-24-40(45)43-31-47-42(32-48(43)56)39-23-10-12-25-44(39)55(47)37-20-8-3-9-21-37/h1-32H. The van der Waals surface area contributed by atoms with Crippen molar-refractivity contribution < 1.29 is 4.92 Å². The van der Waals surface area contributed by atoms with Crippen molar-refractivity contribution in [2.45, 2.75) is 0 Å². The van der Waals surface area contributed by atoms with Gasteiger partial charge in [-0.05, 0) is 60.2 Å². The summed E-state index contributed by atoms with van der Waals surface area (Å²) in [5.74, 6) is 1.60. The predicted octanol–water partition coefficient (Wildman–Crippen LogP) is 12.6. The third-order valence-electron chi connectivity index (χ3n) is 11.0. The lowest BCUT2D eigenvalue weighted by atomic mass is 9.99. The van der Waals surface area contributed by atoms with Crippen molar-refractivity contribution in [2.75, 3.05) is 0 Å². The molecular weight excluding hydrogens is 729 g/mol. The maximum atomic E-state index is 12.2. The van der Waals surface area contributed by atoms with Gasteiger partial charge in [-0.1, -0.05) is 127 Å². The van der Waals surface area contributed by atoms with Gasteiger partial charge in [-0.3, -0.25) is 10.1 Å². The topological polar surface area (TPSA) is 91.7 Å². The fraction of sp³-hybridized carbons (Fsp3) is 0. The summed E-state index contributed by atoms with van der Waals surface area (Å²) in [6.45, 7) is 0. The van der Waals surface area contributed by atoms with Crippen LogP contribution in [0, 0.1) is 10.1 Å². The fourth-order valence-corrected chi connectivity index (χ4v) is 8.37. The number of hydrogen-bond acceptors (Lipinski definition) is 5. The summed E-state index contributed by atoms with van der Waals surface area (Å²) >= 11 is 0. The van der Waals surface area contributed by atoms with E-state index >= 15 is 0 Å². The normalized spacial score (nSPS) is 11.5. The van der Waals surface area contributed by atoms with Crippen LogP contribution in [-0.2, 0) is 0 Å². The SMILES string of the molecule is O=[N+]([O-])c1cccc(-c2cc(-c3nc(-c4ccccc4)nc(-c4ccccc4)n3)ccc2-n2c3ccccc3c3cc4c(cc32)c2ccccc2n4-c2ccccc2)c1. The Balaban J connectivity index is 1.20. The number of aromatic nitrogens is 5. The highest BCUT2D eigenvalue weighted by atomic mass is 16.6. The van der Waals surface area contributed by atoms with E-state index < -0.39 is 0 Å². The zero-order valence-electron chi connectivity index (χ0n) is 31.5. The van der Waals surface area contributed by atoms with E-state index in [0.717, 1.165) is 77.2 Å². The van der Waals surface area contributed by atoms with Gasteiger partial charge in [0.2, 0.25) is 0 Å². The first-order valence-electron chi connectivity index (χ1n) is 19.4. The molecule has 3 aromatic heterocycles. The molecule has 0 spiro atoms. The van der Waals surface area contributed by atoms with Crippen LogP contribution in [-0.4, -0.2) is 29.0 Å². The molecule has 8 aromatic carbocycles. The minimum atomic E-state index is -0.350. The Hall–Kier alpha value is -8.23. The van der Waals surface area contributed by atoms with Crippen LogP contribution in [0.4, 0.5) is 5.69 Å². The van der Waals surface area contributed by atoms with Gasteiger partial charge in [0.1, 0.15) is 0 Å². The Morgan fingerprint density at radius 1 is 0.390 bits per heavy atom. The highest BCUT2D eigenvalue weighted by Crippen LogP contribution is 2.42. The molecule has 278 valence electrons. The van der Waals surface area contributed by atoms with Crippen LogP contribution in [0.25, 0.3) is 100 Å². The second-order valence-electron chi connectivity index (χ2n) is 14.5. The van der Waals surface area contributed by atoms with Crippen molar-refractivity contribution in [3.05, 3.63) is 204 Å². The lowest BCUT2D eigenvalue weighted by Gasteiger charge is -2.16. The minimum Gasteiger partial charge on any atom is -0.309 e. The fourth-order valence-electron chi connectivity index (χ4n) is 8.37. The number of nitro groups is 1. The van der Waals surface area contributed by atoms with Crippen molar-refractivity contribution >= 4 is 49.3 Å². The van der Waals surface area contributed by atoms with Gasteiger partial charge < -0.3 is 9.13 Å². The van der Waals surface area contributed by atoms with E-state index in [1.807, 2.05) is 84.9 Å². The number of nitro benzene ring substituents is 1. The third-order valence-corrected chi connectivity index (χ3v) is 11.0. The lowest BCUT2D eigenvalue weighted by molar-refractivity contribution is -0.384. The molecule has 8 nitrogen and oxygen atoms in total. The monoisotopic (exact) mass is 760 g/mol. The molecule has 11 rings (SSSR count). The Bertz CT molecular complexity index is 3350. The molecule has 0 aliphatic heterocycles. The van der Waals surface area contributed by atoms with Crippen LogP contribution >= 0.6 is 0 Å². The molecule has 0 amide bonds. The first-order chi connectivity index (χ1) is 29.1. The lowest BCUT2D eigenvalue weighted by Crippen LogP contribution is -2.02. The van der Waals surface area contributed by atoms with Crippen molar-refractivity contribution in [1.29, 1.82) is 0 Å². The number of hydrogen-bond donors (Lipinski definition) is 0. The summed E-state index contributed by atoms with van der Waals surface area (Å²) in [7, 11) is 0. The highest BCUT2D eigenvalue weighted by molar-refractivity contribution is 6.19. The van der Waals surface area contributed by atoms with Gasteiger partial charge in [-0.25, -0.2) is 15.0 Å². The predicted molar refractivity (Wildman–Crippen MR) is 237 cm³/mol. The van der Waals surface area contributed by atoms with Gasteiger partial charge in [-0.2, -0.15) is 0 Å². The molecule has 0 saturated carbocycles. The molecule has 0 bridgehead atoms. The quantitative estimate of drug-likeness (QED) is 0.119. The highest BCUT2D eigenvalue weighted by Gasteiger charge is 2.22. The number of benzene rings is 8. The van der Waals surface area contributed by atoms with Crippen molar-refractivity contribution in [3.8, 4) is 56.7 Å². The summed E-state index contributed by atoms with van der Waals surface area (Å²) in [6, 6.07) is 64.8. The molecule has 0 radical (unpaired) electrons. The molecule has 0 aliphatic rings. The molecule has 0 aliphatic carbocycles. The van der Waals surface area contributed by atoms with E-state index in [-0.39, 0.29) is 10.6 Å². The minimum absolute atomic E-state index is 0.00870. The van der Waals surface area contributed by atoms with Gasteiger partial charge in [0.05, 0.1) is 32.7 Å². The van der Waals surface area contributed by atoms with E-state index in [0.29, 0.717) is 23.0 Å². The van der Waals surface area contributed by atoms with Gasteiger partial charge in [-0.15, -0.1) is 0 Å². The first kappa shape index (κ1) is 34.1. The molecule has 8 heteroatoms. The summed E-state index contributed by atoms with van der Waals surface area (Å²) in [5, 5.41) is 16.7. The van der Waals surface area contributed by atoms with E-state index in [1.165, 1.54) is 6.07 Å². The number of fused-ring (bicyclic) bond motifs is 6. The molecule has 0 saturated heterocycles. The van der Waals surface area contributed by atoms with Crippen molar-refractivity contribution in [2.24, 2.45) is 0 Å². The van der Waals surface area contributed by atoms with E-state index in [4.69, 9.17) is 15.0 Å². The van der Waals surface area contributed by atoms with Crippen LogP contribution in [0.15, 0.2) is 194 Å². The van der Waals surface area contributed by atoms with Crippen LogP contribution in [0.5, 0.6) is 0 Å². The summed E-state index contributed by atoms with van der Waals surface area (Å²) in [4.78, 5) is 26.8. The zero-order valence-corrected chi connectivity index (χ0v) is 31.5. The van der Waals surface area contributed by atoms with E-state index in [9.17, 15) is 10.1 Å². The molecule has 0 atom stereocenters. The van der Waals surface area contributed by atoms with Crippen LogP contribution in [0.1, 0.15) is 0 Å². The zero-order chi connectivity index (χ0) is 39.5. The Labute approximate surface area is 338 Å². The average Bonchev–Trinajstić information content (AvgIpc) is 3.80. The van der Waals surface area contributed by atoms with Crippen LogP contribution < -0.4 is 0 Å². The average molecular weight is 761 g/mol. The maximum absolute atomic E-state index is 12.2. The number of non-ortho nitro benzene ring substituents is 1. The number of rotatable bonds is 7. The van der Waals surface area contributed by atoms with Gasteiger partial charge in [0, 0.05) is 61.6 Å². The van der Waals surface area contributed by atoms with Gasteiger partial charge >= 0.3 is 0 Å². The van der Waals surface area contributed by atoms with Gasteiger partial charge in [0.25, 0.3) is 5.69 Å². The first-order valence-corrected chi connectivity index (χ1v) is 19.4. The Morgan fingerprint density at radius 3 is 1.47 bits per heavy atom. The largest absolute Gasteiger partial charge is 0.309 e. The molecule has 11 aromatic rings. The van der Waals surface area contributed by atoms with E-state index in [1.54, 1.807) is 12.1 Å². The second kappa shape index (κ2) is 13.8. The molecule has 59 heavy (non-hydrogen) atoms. The van der Waals surface area contributed by atoms with Crippen LogP contribution in [0.2, 0.25) is 0 Å². The molecule has 0 fully saturated rings. The van der Waals surface area contributed by atoms with Gasteiger partial charge in [0.15, 0.2) is 17.5 Å². The Kier molecular flexibility index (Phi) is 7.94. The van der Waals surface area contributed by atoms with Crippen LogP contribution in [0.3, 0.4) is 0 Å². The summed E-state index contributed by atoms with van der Waals surface area (Å²) in [5.41, 5.74) is 10.2. The summed E-state index contributed by atoms with van der Waals surface area (Å²) in [6.07, 6.45) is 0. The van der Waals surface area contributed by atoms with Crippen molar-refractivity contribution in [1.82, 2.24) is 24.1 Å². The smallest absolute Gasteiger partial charge is 0.270 e. The molecule has 0 N–H and O–H groups in total. The van der Waals surface area contributed by atoms with Crippen molar-refractivity contribution in [3.63, 3.8) is 0 Å². The third kappa shape index (κ3) is 5.73. The molecule has 3 heterocycles. The van der Waals surface area contributed by atoms with E-state index in [2.05, 4.69) is 100 Å². The number of para-hydroxylation sites is 3. The number of nitrogens with zero attached hydrogens (tertiary/aromatic N) is 6.